The van der Waals surface area contributed by atoms with Crippen molar-refractivity contribution in [2.75, 3.05) is 11.9 Å². The molecule has 1 aliphatic rings. The third-order valence-corrected chi connectivity index (χ3v) is 3.93. The van der Waals surface area contributed by atoms with Crippen LogP contribution in [0.15, 0.2) is 18.3 Å². The molecule has 1 N–H and O–H groups in total. The van der Waals surface area contributed by atoms with Crippen molar-refractivity contribution in [3.05, 3.63) is 18.3 Å². The predicted octanol–water partition coefficient (Wildman–Crippen LogP) is 3.86. The smallest absolute Gasteiger partial charge is 0.168 e. The average molecular weight is 248 g/mol. The number of hydrogen-bond acceptors (Lipinski definition) is 3. The Hall–Kier alpha value is -1.25. The van der Waals surface area contributed by atoms with E-state index in [-0.39, 0.29) is 6.10 Å². The minimum Gasteiger partial charge on any atom is -0.487 e. The second kappa shape index (κ2) is 5.59. The first-order chi connectivity index (χ1) is 8.65. The van der Waals surface area contributed by atoms with Crippen LogP contribution in [0, 0.1) is 5.41 Å². The molecule has 0 amide bonds. The maximum absolute atomic E-state index is 5.77. The number of nitrogens with one attached hydrogen (secondary N) is 1. The molecule has 0 bridgehead atoms. The van der Waals surface area contributed by atoms with E-state index in [1.54, 1.807) is 0 Å². The normalized spacial score (nSPS) is 17.3. The molecular formula is C15H24N2O. The van der Waals surface area contributed by atoms with Gasteiger partial charge in [0.2, 0.25) is 0 Å². The highest BCUT2D eigenvalue weighted by atomic mass is 16.5. The lowest BCUT2D eigenvalue weighted by atomic mass is 9.67. The molecule has 100 valence electrons. The van der Waals surface area contributed by atoms with Crippen LogP contribution in [0.25, 0.3) is 0 Å². The SMILES string of the molecule is CCC1(CNc2ncccc2OC(C)C)CCC1. The first-order valence-electron chi connectivity index (χ1n) is 7.01. The van der Waals surface area contributed by atoms with E-state index in [0.29, 0.717) is 5.41 Å². The summed E-state index contributed by atoms with van der Waals surface area (Å²) in [6.07, 6.45) is 7.28. The Kier molecular flexibility index (Phi) is 4.10. The van der Waals surface area contributed by atoms with E-state index in [9.17, 15) is 0 Å². The molecule has 0 saturated heterocycles. The van der Waals surface area contributed by atoms with Crippen LogP contribution in [0.4, 0.5) is 5.82 Å². The largest absolute Gasteiger partial charge is 0.487 e. The maximum atomic E-state index is 5.77. The van der Waals surface area contributed by atoms with Crippen molar-refractivity contribution in [1.82, 2.24) is 4.98 Å². The first kappa shape index (κ1) is 13.2. The van der Waals surface area contributed by atoms with Gasteiger partial charge in [0.15, 0.2) is 11.6 Å². The Bertz CT molecular complexity index is 380. The molecule has 1 saturated carbocycles. The van der Waals surface area contributed by atoms with Crippen molar-refractivity contribution < 1.29 is 4.74 Å². The minimum atomic E-state index is 0.179. The van der Waals surface area contributed by atoms with Crippen LogP contribution >= 0.6 is 0 Å². The fourth-order valence-electron chi connectivity index (χ4n) is 2.48. The Balaban J connectivity index is 2.00. The van der Waals surface area contributed by atoms with Crippen LogP contribution in [0.5, 0.6) is 5.75 Å². The van der Waals surface area contributed by atoms with Gasteiger partial charge >= 0.3 is 0 Å². The van der Waals surface area contributed by atoms with Crippen molar-refractivity contribution in [1.29, 1.82) is 0 Å². The zero-order chi connectivity index (χ0) is 13.0. The molecule has 1 fully saturated rings. The van der Waals surface area contributed by atoms with E-state index in [2.05, 4.69) is 17.2 Å². The molecule has 0 aliphatic heterocycles. The fraction of sp³-hybridized carbons (Fsp3) is 0.667. The summed E-state index contributed by atoms with van der Waals surface area (Å²) >= 11 is 0. The first-order valence-corrected chi connectivity index (χ1v) is 7.01. The highest BCUT2D eigenvalue weighted by Gasteiger charge is 2.34. The number of anilines is 1. The van der Waals surface area contributed by atoms with Crippen LogP contribution in [0.3, 0.4) is 0 Å². The summed E-state index contributed by atoms with van der Waals surface area (Å²) in [4.78, 5) is 4.39. The highest BCUT2D eigenvalue weighted by molar-refractivity contribution is 5.49. The lowest BCUT2D eigenvalue weighted by Gasteiger charge is -2.41. The number of hydrogen-bond donors (Lipinski definition) is 1. The van der Waals surface area contributed by atoms with E-state index < -0.39 is 0 Å². The molecule has 2 rings (SSSR count). The van der Waals surface area contributed by atoms with Gasteiger partial charge < -0.3 is 10.1 Å². The maximum Gasteiger partial charge on any atom is 0.168 e. The Morgan fingerprint density at radius 2 is 2.22 bits per heavy atom. The summed E-state index contributed by atoms with van der Waals surface area (Å²) < 4.78 is 5.77. The lowest BCUT2D eigenvalue weighted by molar-refractivity contribution is 0.144. The van der Waals surface area contributed by atoms with Crippen molar-refractivity contribution >= 4 is 5.82 Å². The van der Waals surface area contributed by atoms with Gasteiger partial charge in [0, 0.05) is 12.7 Å². The quantitative estimate of drug-likeness (QED) is 0.830. The fourth-order valence-corrected chi connectivity index (χ4v) is 2.48. The molecular weight excluding hydrogens is 224 g/mol. The Morgan fingerprint density at radius 3 is 2.78 bits per heavy atom. The van der Waals surface area contributed by atoms with E-state index in [1.807, 2.05) is 32.2 Å². The zero-order valence-electron chi connectivity index (χ0n) is 11.7. The van der Waals surface area contributed by atoms with Gasteiger partial charge in [-0.2, -0.15) is 0 Å². The van der Waals surface area contributed by atoms with E-state index >= 15 is 0 Å². The molecule has 0 unspecified atom stereocenters. The summed E-state index contributed by atoms with van der Waals surface area (Å²) in [5, 5.41) is 3.48. The highest BCUT2D eigenvalue weighted by Crippen LogP contribution is 2.43. The zero-order valence-corrected chi connectivity index (χ0v) is 11.7. The molecule has 3 heteroatoms. The molecule has 18 heavy (non-hydrogen) atoms. The monoisotopic (exact) mass is 248 g/mol. The van der Waals surface area contributed by atoms with Crippen LogP contribution in [0.2, 0.25) is 0 Å². The number of pyridine rings is 1. The van der Waals surface area contributed by atoms with E-state index in [4.69, 9.17) is 4.74 Å². The van der Waals surface area contributed by atoms with Gasteiger partial charge in [-0.05, 0) is 50.7 Å². The summed E-state index contributed by atoms with van der Waals surface area (Å²) in [6, 6.07) is 3.90. The summed E-state index contributed by atoms with van der Waals surface area (Å²) in [7, 11) is 0. The minimum absolute atomic E-state index is 0.179. The van der Waals surface area contributed by atoms with Gasteiger partial charge in [0.05, 0.1) is 6.10 Å². The second-order valence-electron chi connectivity index (χ2n) is 5.58. The molecule has 1 aromatic heterocycles. The summed E-state index contributed by atoms with van der Waals surface area (Å²) in [5.41, 5.74) is 0.493. The molecule has 1 aliphatic carbocycles. The predicted molar refractivity (Wildman–Crippen MR) is 75.1 cm³/mol. The molecule has 0 atom stereocenters. The second-order valence-corrected chi connectivity index (χ2v) is 5.58. The van der Waals surface area contributed by atoms with Gasteiger partial charge in [-0.1, -0.05) is 13.3 Å². The van der Waals surface area contributed by atoms with Crippen molar-refractivity contribution in [3.63, 3.8) is 0 Å². The van der Waals surface area contributed by atoms with Gasteiger partial charge in [0.25, 0.3) is 0 Å². The number of rotatable bonds is 6. The van der Waals surface area contributed by atoms with E-state index in [0.717, 1.165) is 18.1 Å². The van der Waals surface area contributed by atoms with Crippen LogP contribution in [-0.4, -0.2) is 17.6 Å². The number of nitrogens with zero attached hydrogens (tertiary/aromatic N) is 1. The number of aromatic nitrogens is 1. The Labute approximate surface area is 110 Å². The van der Waals surface area contributed by atoms with Crippen molar-refractivity contribution in [2.45, 2.75) is 52.6 Å². The van der Waals surface area contributed by atoms with Gasteiger partial charge in [-0.3, -0.25) is 0 Å². The van der Waals surface area contributed by atoms with Crippen molar-refractivity contribution in [2.24, 2.45) is 5.41 Å². The lowest BCUT2D eigenvalue weighted by Crippen LogP contribution is -2.36. The Morgan fingerprint density at radius 1 is 1.44 bits per heavy atom. The average Bonchev–Trinajstić information content (AvgIpc) is 2.29. The van der Waals surface area contributed by atoms with Gasteiger partial charge in [0.1, 0.15) is 0 Å². The summed E-state index contributed by atoms with van der Waals surface area (Å²) in [6.45, 7) is 7.37. The third-order valence-electron chi connectivity index (χ3n) is 3.93. The molecule has 1 heterocycles. The molecule has 1 aromatic rings. The van der Waals surface area contributed by atoms with Crippen molar-refractivity contribution in [3.8, 4) is 5.75 Å². The summed E-state index contributed by atoms with van der Waals surface area (Å²) in [5.74, 6) is 1.74. The molecule has 0 spiro atoms. The third kappa shape index (κ3) is 2.95. The van der Waals surface area contributed by atoms with Crippen LogP contribution in [-0.2, 0) is 0 Å². The van der Waals surface area contributed by atoms with Gasteiger partial charge in [-0.25, -0.2) is 4.98 Å². The topological polar surface area (TPSA) is 34.2 Å². The molecule has 3 nitrogen and oxygen atoms in total. The van der Waals surface area contributed by atoms with Gasteiger partial charge in [-0.15, -0.1) is 0 Å². The number of ether oxygens (including phenoxy) is 1. The standard InChI is InChI=1S/C15H24N2O/c1-4-15(8-6-9-15)11-17-14-13(18-12(2)3)7-5-10-16-14/h5,7,10,12H,4,6,8-9,11H2,1-3H3,(H,16,17). The van der Waals surface area contributed by atoms with Crippen LogP contribution < -0.4 is 10.1 Å². The van der Waals surface area contributed by atoms with E-state index in [1.165, 1.54) is 25.7 Å². The van der Waals surface area contributed by atoms with Crippen LogP contribution in [0.1, 0.15) is 46.5 Å². The molecule has 0 aromatic carbocycles. The molecule has 0 radical (unpaired) electrons.